The van der Waals surface area contributed by atoms with Crippen molar-refractivity contribution < 1.29 is 4.79 Å². The van der Waals surface area contributed by atoms with E-state index in [1.165, 1.54) is 0 Å². The Bertz CT molecular complexity index is 394. The minimum atomic E-state index is -0.0696. The summed E-state index contributed by atoms with van der Waals surface area (Å²) in [6, 6.07) is 9.40. The van der Waals surface area contributed by atoms with Crippen LogP contribution in [-0.4, -0.2) is 23.9 Å². The van der Waals surface area contributed by atoms with Crippen molar-refractivity contribution in [3.63, 3.8) is 0 Å². The smallest absolute Gasteiger partial charge is 0.254 e. The third-order valence-electron chi connectivity index (χ3n) is 2.13. The van der Waals surface area contributed by atoms with Gasteiger partial charge in [0, 0.05) is 15.7 Å². The number of amides is 1. The molecule has 0 fully saturated rings. The Kier molecular flexibility index (Phi) is 5.26. The lowest BCUT2D eigenvalue weighted by Crippen LogP contribution is -2.32. The standard InChI is InChI=1S/C12H13IN2O/c1-2-8-15(9-7-14)12(16)10-3-5-11(13)6-4-10/h3-6H,2,8-9H2,1H3. The summed E-state index contributed by atoms with van der Waals surface area (Å²) in [5, 5.41) is 8.66. The molecule has 0 spiro atoms. The number of halogens is 1. The summed E-state index contributed by atoms with van der Waals surface area (Å²) in [5.41, 5.74) is 0.643. The molecule has 1 amide bonds. The fraction of sp³-hybridized carbons (Fsp3) is 0.333. The van der Waals surface area contributed by atoms with Crippen LogP contribution in [0.25, 0.3) is 0 Å². The number of hydrogen-bond donors (Lipinski definition) is 0. The molecule has 0 bridgehead atoms. The molecule has 0 unspecified atom stereocenters. The Morgan fingerprint density at radius 3 is 2.56 bits per heavy atom. The van der Waals surface area contributed by atoms with E-state index < -0.39 is 0 Å². The molecule has 0 saturated heterocycles. The van der Waals surface area contributed by atoms with Gasteiger partial charge in [-0.1, -0.05) is 6.92 Å². The van der Waals surface area contributed by atoms with Gasteiger partial charge < -0.3 is 4.90 Å². The van der Waals surface area contributed by atoms with Crippen molar-refractivity contribution >= 4 is 28.5 Å². The van der Waals surface area contributed by atoms with Crippen LogP contribution in [0.1, 0.15) is 23.7 Å². The van der Waals surface area contributed by atoms with E-state index in [2.05, 4.69) is 22.6 Å². The fourth-order valence-electron chi connectivity index (χ4n) is 1.38. The third-order valence-corrected chi connectivity index (χ3v) is 2.85. The minimum absolute atomic E-state index is 0.0696. The molecular weight excluding hydrogens is 315 g/mol. The number of hydrogen-bond acceptors (Lipinski definition) is 2. The maximum atomic E-state index is 12.0. The third kappa shape index (κ3) is 3.49. The Hall–Kier alpha value is -1.09. The lowest BCUT2D eigenvalue weighted by Gasteiger charge is -2.18. The SMILES string of the molecule is CCCN(CC#N)C(=O)c1ccc(I)cc1. The topological polar surface area (TPSA) is 44.1 Å². The van der Waals surface area contributed by atoms with Gasteiger partial charge in [0.1, 0.15) is 6.54 Å². The maximum Gasteiger partial charge on any atom is 0.254 e. The van der Waals surface area contributed by atoms with Crippen molar-refractivity contribution in [2.24, 2.45) is 0 Å². The van der Waals surface area contributed by atoms with E-state index in [0.29, 0.717) is 12.1 Å². The monoisotopic (exact) mass is 328 g/mol. The second kappa shape index (κ2) is 6.48. The van der Waals surface area contributed by atoms with E-state index in [-0.39, 0.29) is 12.5 Å². The molecule has 1 aromatic rings. The molecular formula is C12H13IN2O. The first kappa shape index (κ1) is 13.0. The largest absolute Gasteiger partial charge is 0.325 e. The molecule has 0 radical (unpaired) electrons. The zero-order valence-electron chi connectivity index (χ0n) is 9.11. The van der Waals surface area contributed by atoms with Crippen LogP contribution in [-0.2, 0) is 0 Å². The summed E-state index contributed by atoms with van der Waals surface area (Å²) in [7, 11) is 0. The molecule has 16 heavy (non-hydrogen) atoms. The minimum Gasteiger partial charge on any atom is -0.325 e. The van der Waals surface area contributed by atoms with E-state index in [1.807, 2.05) is 25.1 Å². The van der Waals surface area contributed by atoms with Crippen molar-refractivity contribution in [1.82, 2.24) is 4.90 Å². The average molecular weight is 328 g/mol. The second-order valence-corrected chi connectivity index (χ2v) is 4.64. The fourth-order valence-corrected chi connectivity index (χ4v) is 1.74. The number of carbonyl (C=O) groups excluding carboxylic acids is 1. The van der Waals surface area contributed by atoms with Crippen LogP contribution in [0.2, 0.25) is 0 Å². The van der Waals surface area contributed by atoms with Crippen LogP contribution in [0.15, 0.2) is 24.3 Å². The van der Waals surface area contributed by atoms with Gasteiger partial charge in [-0.25, -0.2) is 0 Å². The Labute approximate surface area is 109 Å². The molecule has 3 nitrogen and oxygen atoms in total. The summed E-state index contributed by atoms with van der Waals surface area (Å²) >= 11 is 2.19. The molecule has 0 aromatic heterocycles. The molecule has 0 saturated carbocycles. The van der Waals surface area contributed by atoms with Gasteiger partial charge in [0.2, 0.25) is 0 Å². The highest BCUT2D eigenvalue weighted by atomic mass is 127. The molecule has 0 N–H and O–H groups in total. The summed E-state index contributed by atoms with van der Waals surface area (Å²) in [4.78, 5) is 13.6. The van der Waals surface area contributed by atoms with Gasteiger partial charge in [-0.05, 0) is 53.3 Å². The van der Waals surface area contributed by atoms with Gasteiger partial charge in [-0.2, -0.15) is 5.26 Å². The van der Waals surface area contributed by atoms with Crippen LogP contribution >= 0.6 is 22.6 Å². The van der Waals surface area contributed by atoms with Crippen LogP contribution < -0.4 is 0 Å². The Morgan fingerprint density at radius 1 is 1.44 bits per heavy atom. The van der Waals surface area contributed by atoms with Crippen LogP contribution in [0, 0.1) is 14.9 Å². The van der Waals surface area contributed by atoms with Crippen molar-refractivity contribution in [2.45, 2.75) is 13.3 Å². The van der Waals surface area contributed by atoms with E-state index >= 15 is 0 Å². The molecule has 0 heterocycles. The van der Waals surface area contributed by atoms with Gasteiger partial charge in [0.15, 0.2) is 0 Å². The number of benzene rings is 1. The molecule has 0 atom stereocenters. The van der Waals surface area contributed by atoms with Crippen LogP contribution in [0.5, 0.6) is 0 Å². The Morgan fingerprint density at radius 2 is 2.06 bits per heavy atom. The van der Waals surface area contributed by atoms with Crippen molar-refractivity contribution in [3.8, 4) is 6.07 Å². The zero-order valence-corrected chi connectivity index (χ0v) is 11.3. The normalized spacial score (nSPS) is 9.56. The highest BCUT2D eigenvalue weighted by Crippen LogP contribution is 2.09. The van der Waals surface area contributed by atoms with Gasteiger partial charge in [0.05, 0.1) is 6.07 Å². The highest BCUT2D eigenvalue weighted by Gasteiger charge is 2.13. The molecule has 0 aliphatic carbocycles. The van der Waals surface area contributed by atoms with E-state index in [1.54, 1.807) is 17.0 Å². The lowest BCUT2D eigenvalue weighted by atomic mass is 10.2. The average Bonchev–Trinajstić information content (AvgIpc) is 2.29. The summed E-state index contributed by atoms with van der Waals surface area (Å²) < 4.78 is 1.09. The summed E-state index contributed by atoms with van der Waals surface area (Å²) in [6.45, 7) is 2.77. The lowest BCUT2D eigenvalue weighted by molar-refractivity contribution is 0.0776. The van der Waals surface area contributed by atoms with Gasteiger partial charge >= 0.3 is 0 Å². The predicted molar refractivity (Wildman–Crippen MR) is 71.0 cm³/mol. The Balaban J connectivity index is 2.82. The zero-order chi connectivity index (χ0) is 12.0. The summed E-state index contributed by atoms with van der Waals surface area (Å²) in [6.07, 6.45) is 0.859. The first-order valence-corrected chi connectivity index (χ1v) is 6.18. The quantitative estimate of drug-likeness (QED) is 0.630. The summed E-state index contributed by atoms with van der Waals surface area (Å²) in [5.74, 6) is -0.0696. The number of rotatable bonds is 4. The van der Waals surface area contributed by atoms with E-state index in [9.17, 15) is 4.79 Å². The second-order valence-electron chi connectivity index (χ2n) is 3.39. The van der Waals surface area contributed by atoms with Crippen molar-refractivity contribution in [2.75, 3.05) is 13.1 Å². The van der Waals surface area contributed by atoms with Gasteiger partial charge in [-0.15, -0.1) is 0 Å². The first-order chi connectivity index (χ1) is 7.69. The molecule has 1 aromatic carbocycles. The van der Waals surface area contributed by atoms with Gasteiger partial charge in [-0.3, -0.25) is 4.79 Å². The van der Waals surface area contributed by atoms with Crippen molar-refractivity contribution in [1.29, 1.82) is 5.26 Å². The van der Waals surface area contributed by atoms with E-state index in [4.69, 9.17) is 5.26 Å². The van der Waals surface area contributed by atoms with E-state index in [0.717, 1.165) is 9.99 Å². The predicted octanol–water partition coefficient (Wildman–Crippen LogP) is 2.67. The molecule has 4 heteroatoms. The molecule has 1 rings (SSSR count). The number of nitriles is 1. The highest BCUT2D eigenvalue weighted by molar-refractivity contribution is 14.1. The first-order valence-electron chi connectivity index (χ1n) is 5.10. The maximum absolute atomic E-state index is 12.0. The molecule has 0 aliphatic rings. The number of carbonyl (C=O) groups is 1. The van der Waals surface area contributed by atoms with Crippen molar-refractivity contribution in [3.05, 3.63) is 33.4 Å². The van der Waals surface area contributed by atoms with Crippen LogP contribution in [0.4, 0.5) is 0 Å². The number of nitrogens with zero attached hydrogens (tertiary/aromatic N) is 2. The molecule has 84 valence electrons. The van der Waals surface area contributed by atoms with Gasteiger partial charge in [0.25, 0.3) is 5.91 Å². The van der Waals surface area contributed by atoms with Crippen LogP contribution in [0.3, 0.4) is 0 Å². The molecule has 0 aliphatic heterocycles.